The fourth-order valence-corrected chi connectivity index (χ4v) is 1.23. The molecule has 0 spiro atoms. The number of benzene rings is 1. The van der Waals surface area contributed by atoms with Gasteiger partial charge in [-0.15, -0.1) is 10.5 Å². The lowest BCUT2D eigenvalue weighted by atomic mass is 10.2. The minimum Gasteiger partial charge on any atom is -0.493 e. The van der Waals surface area contributed by atoms with Crippen LogP contribution in [0.4, 0.5) is 0 Å². The molecular weight excluding hydrogens is 246 g/mol. The number of nitrogens with one attached hydrogen (secondary N) is 3. The van der Waals surface area contributed by atoms with Crippen molar-refractivity contribution in [2.75, 3.05) is 13.7 Å². The molecule has 0 aromatic heterocycles. The van der Waals surface area contributed by atoms with Gasteiger partial charge in [0.15, 0.2) is 6.21 Å². The highest BCUT2D eigenvalue weighted by atomic mass is 32.1. The summed E-state index contributed by atoms with van der Waals surface area (Å²) in [7, 11) is 1.76. The molecule has 0 radical (unpaired) electrons. The topological polar surface area (TPSA) is 47.3 Å². The Bertz CT molecular complexity index is 401. The van der Waals surface area contributed by atoms with Crippen molar-refractivity contribution in [1.29, 1.82) is 0 Å². The third kappa shape index (κ3) is 5.63. The van der Waals surface area contributed by atoms with Gasteiger partial charge in [0.25, 0.3) is 0 Å². The van der Waals surface area contributed by atoms with Crippen molar-refractivity contribution in [3.63, 3.8) is 0 Å². The standard InChI is InChI=1S/C13H19N3OS/c1-10(2)9-17-12-6-4-11(5-7-12)8-15-16-13(18)14-3/h4-8,10H,9H2,1-3H3,(H2,14,16,18)/p+1. The monoisotopic (exact) mass is 266 g/mol. The Morgan fingerprint density at radius 2 is 2.06 bits per heavy atom. The van der Waals surface area contributed by atoms with Gasteiger partial charge in [-0.1, -0.05) is 13.8 Å². The molecule has 0 unspecified atom stereocenters. The average molecular weight is 266 g/mol. The van der Waals surface area contributed by atoms with E-state index in [-0.39, 0.29) is 0 Å². The first-order valence-corrected chi connectivity index (χ1v) is 6.32. The van der Waals surface area contributed by atoms with Gasteiger partial charge in [0.1, 0.15) is 5.75 Å². The maximum absolute atomic E-state index is 5.60. The Hall–Kier alpha value is -1.62. The molecule has 1 aromatic rings. The lowest BCUT2D eigenvalue weighted by Crippen LogP contribution is -2.82. The van der Waals surface area contributed by atoms with Gasteiger partial charge < -0.3 is 10.1 Å². The van der Waals surface area contributed by atoms with Gasteiger partial charge in [-0.25, -0.2) is 0 Å². The molecule has 0 aliphatic carbocycles. The number of ether oxygens (including phenoxy) is 1. The Morgan fingerprint density at radius 1 is 1.39 bits per heavy atom. The van der Waals surface area contributed by atoms with E-state index in [1.165, 1.54) is 0 Å². The summed E-state index contributed by atoms with van der Waals surface area (Å²) in [6, 6.07) is 7.86. The van der Waals surface area contributed by atoms with Crippen LogP contribution in [0.1, 0.15) is 19.4 Å². The van der Waals surface area contributed by atoms with Crippen LogP contribution in [0.15, 0.2) is 24.3 Å². The van der Waals surface area contributed by atoms with Crippen LogP contribution < -0.4 is 20.6 Å². The highest BCUT2D eigenvalue weighted by Gasteiger charge is 1.98. The van der Waals surface area contributed by atoms with Gasteiger partial charge in [0, 0.05) is 12.6 Å². The smallest absolute Gasteiger partial charge is 0.223 e. The lowest BCUT2D eigenvalue weighted by Gasteiger charge is -2.07. The maximum atomic E-state index is 5.60. The summed E-state index contributed by atoms with van der Waals surface area (Å²) in [6.07, 6.45) is 1.83. The Morgan fingerprint density at radius 3 is 2.61 bits per heavy atom. The van der Waals surface area contributed by atoms with Crippen LogP contribution >= 0.6 is 12.2 Å². The van der Waals surface area contributed by atoms with Gasteiger partial charge in [-0.3, -0.25) is 0 Å². The van der Waals surface area contributed by atoms with Crippen molar-refractivity contribution in [3.05, 3.63) is 29.8 Å². The normalized spacial score (nSPS) is 10.7. The molecule has 3 N–H and O–H groups in total. The summed E-state index contributed by atoms with van der Waals surface area (Å²) >= 11 is 4.93. The van der Waals surface area contributed by atoms with Crippen molar-refractivity contribution >= 4 is 23.5 Å². The Kier molecular flexibility index (Phi) is 6.14. The maximum Gasteiger partial charge on any atom is 0.223 e. The summed E-state index contributed by atoms with van der Waals surface area (Å²) in [4.78, 5) is 0. The zero-order valence-corrected chi connectivity index (χ0v) is 11.8. The fraction of sp³-hybridized carbons (Fsp3) is 0.385. The summed E-state index contributed by atoms with van der Waals surface area (Å²) in [5, 5.41) is 6.25. The van der Waals surface area contributed by atoms with Crippen LogP contribution in [0, 0.1) is 5.92 Å². The highest BCUT2D eigenvalue weighted by molar-refractivity contribution is 7.80. The van der Waals surface area contributed by atoms with E-state index in [1.54, 1.807) is 7.05 Å². The Balaban J connectivity index is 2.47. The van der Waals surface area contributed by atoms with Crippen molar-refractivity contribution in [2.24, 2.45) is 5.92 Å². The number of thiocarbonyl (C=S) groups is 1. The quantitative estimate of drug-likeness (QED) is 0.406. The molecule has 98 valence electrons. The average Bonchev–Trinajstić information content (AvgIpc) is 2.37. The van der Waals surface area contributed by atoms with Gasteiger partial charge in [-0.05, 0) is 42.4 Å². The first-order valence-electron chi connectivity index (χ1n) is 5.91. The number of hydrazine groups is 1. The summed E-state index contributed by atoms with van der Waals surface area (Å²) in [6.45, 7) is 4.99. The van der Waals surface area contributed by atoms with E-state index >= 15 is 0 Å². The molecule has 1 aromatic carbocycles. The molecule has 18 heavy (non-hydrogen) atoms. The molecule has 1 rings (SSSR count). The zero-order valence-electron chi connectivity index (χ0n) is 11.0. The molecule has 0 amide bonds. The van der Waals surface area contributed by atoms with Gasteiger partial charge in [0.05, 0.1) is 6.61 Å². The fourth-order valence-electron chi connectivity index (χ4n) is 1.17. The van der Waals surface area contributed by atoms with Crippen LogP contribution in [0.5, 0.6) is 5.75 Å². The largest absolute Gasteiger partial charge is 0.493 e. The second-order valence-electron chi connectivity index (χ2n) is 4.27. The van der Waals surface area contributed by atoms with Gasteiger partial charge in [0.2, 0.25) is 5.11 Å². The highest BCUT2D eigenvalue weighted by Crippen LogP contribution is 2.11. The molecule has 0 saturated heterocycles. The zero-order chi connectivity index (χ0) is 13.4. The minimum atomic E-state index is 0.532. The van der Waals surface area contributed by atoms with Crippen LogP contribution in [-0.2, 0) is 0 Å². The number of hydrogen-bond acceptors (Lipinski definition) is 2. The van der Waals surface area contributed by atoms with Crippen molar-refractivity contribution in [1.82, 2.24) is 10.7 Å². The molecule has 0 aliphatic rings. The van der Waals surface area contributed by atoms with E-state index < -0.39 is 0 Å². The molecule has 0 fully saturated rings. The first kappa shape index (κ1) is 14.4. The molecule has 0 bridgehead atoms. The van der Waals surface area contributed by atoms with Crippen LogP contribution in [0.2, 0.25) is 0 Å². The molecule has 0 atom stereocenters. The van der Waals surface area contributed by atoms with E-state index in [0.717, 1.165) is 17.9 Å². The van der Waals surface area contributed by atoms with Crippen molar-refractivity contribution in [3.8, 4) is 5.75 Å². The van der Waals surface area contributed by atoms with Gasteiger partial charge in [-0.2, -0.15) is 0 Å². The number of rotatable bonds is 5. The van der Waals surface area contributed by atoms with Crippen molar-refractivity contribution in [2.45, 2.75) is 13.8 Å². The van der Waals surface area contributed by atoms with E-state index in [2.05, 4.69) is 29.7 Å². The predicted octanol–water partition coefficient (Wildman–Crippen LogP) is 0.230. The first-order chi connectivity index (χ1) is 8.61. The third-order valence-electron chi connectivity index (χ3n) is 2.12. The van der Waals surface area contributed by atoms with Gasteiger partial charge >= 0.3 is 0 Å². The molecule has 4 nitrogen and oxygen atoms in total. The van der Waals surface area contributed by atoms with Crippen LogP contribution in [-0.4, -0.2) is 25.0 Å². The van der Waals surface area contributed by atoms with Crippen LogP contribution in [0.3, 0.4) is 0 Å². The SMILES string of the molecule is CNC(=S)N[NH+]=Cc1ccc(OCC(C)C)cc1. The second kappa shape index (κ2) is 7.66. The molecule has 0 aliphatic heterocycles. The van der Waals surface area contributed by atoms with E-state index in [4.69, 9.17) is 17.0 Å². The summed E-state index contributed by atoms with van der Waals surface area (Å²) in [5.41, 5.74) is 3.86. The predicted molar refractivity (Wildman–Crippen MR) is 77.7 cm³/mol. The van der Waals surface area contributed by atoms with E-state index in [9.17, 15) is 0 Å². The molecular formula is C13H20N3OS+. The molecule has 0 heterocycles. The van der Waals surface area contributed by atoms with E-state index in [0.29, 0.717) is 11.0 Å². The summed E-state index contributed by atoms with van der Waals surface area (Å²) < 4.78 is 5.60. The lowest BCUT2D eigenvalue weighted by molar-refractivity contribution is -0.500. The van der Waals surface area contributed by atoms with E-state index in [1.807, 2.05) is 30.5 Å². The Labute approximate surface area is 113 Å². The second-order valence-corrected chi connectivity index (χ2v) is 4.67. The molecule has 0 saturated carbocycles. The summed E-state index contributed by atoms with van der Waals surface area (Å²) in [5.74, 6) is 1.42. The molecule has 5 heteroatoms. The number of hydrazone groups is 1. The third-order valence-corrected chi connectivity index (χ3v) is 2.42. The minimum absolute atomic E-state index is 0.532. The van der Waals surface area contributed by atoms with Crippen molar-refractivity contribution < 1.29 is 9.84 Å². The number of hydrogen-bond donors (Lipinski definition) is 3. The van der Waals surface area contributed by atoms with Crippen LogP contribution in [0.25, 0.3) is 0 Å².